The maximum Gasteiger partial charge on any atom is 0.142 e. The summed E-state index contributed by atoms with van der Waals surface area (Å²) in [6.07, 6.45) is 23.9. The molecule has 0 amide bonds. The lowest BCUT2D eigenvalue weighted by atomic mass is 9.69. The number of aromatic amines is 1. The highest BCUT2D eigenvalue weighted by atomic mass is 15.2. The quantitative estimate of drug-likeness (QED) is 0.573. The van der Waals surface area contributed by atoms with Gasteiger partial charge in [0.25, 0.3) is 0 Å². The average molecular weight is 452 g/mol. The van der Waals surface area contributed by atoms with Gasteiger partial charge >= 0.3 is 0 Å². The van der Waals surface area contributed by atoms with Gasteiger partial charge in [0.15, 0.2) is 0 Å². The first-order valence-electron chi connectivity index (χ1n) is 13.9. The second kappa shape index (κ2) is 10.8. The second-order valence-electron chi connectivity index (χ2n) is 11.4. The highest BCUT2D eigenvalue weighted by Gasteiger charge is 2.34. The van der Waals surface area contributed by atoms with Gasteiger partial charge in [-0.05, 0) is 75.3 Å². The van der Waals surface area contributed by atoms with Crippen LogP contribution in [0.1, 0.15) is 89.9 Å². The summed E-state index contributed by atoms with van der Waals surface area (Å²) in [6.45, 7) is 0. The summed E-state index contributed by atoms with van der Waals surface area (Å²) in [6, 6.07) is 3.56. The SMILES string of the molecule is CN(c1ncnc2[nH]ccc12)C1CCC2CCCCC2C1.CNC1CCC2CCCCC2C1. The number of rotatable bonds is 3. The molecule has 2 aromatic rings. The molecule has 2 aromatic heterocycles. The maximum absolute atomic E-state index is 4.55. The van der Waals surface area contributed by atoms with E-state index in [-0.39, 0.29) is 0 Å². The number of H-pyrrole nitrogens is 1. The molecule has 5 nitrogen and oxygen atoms in total. The van der Waals surface area contributed by atoms with Crippen molar-refractivity contribution in [2.45, 2.75) is 102 Å². The van der Waals surface area contributed by atoms with Crippen LogP contribution in [0.2, 0.25) is 0 Å². The minimum atomic E-state index is 0.636. The first-order valence-corrected chi connectivity index (χ1v) is 13.9. The zero-order valence-corrected chi connectivity index (χ0v) is 20.9. The number of fused-ring (bicyclic) bond motifs is 3. The first kappa shape index (κ1) is 23.1. The zero-order chi connectivity index (χ0) is 22.6. The fourth-order valence-electron chi connectivity index (χ4n) is 7.65. The van der Waals surface area contributed by atoms with E-state index in [1.807, 2.05) is 6.20 Å². The molecule has 4 aliphatic carbocycles. The van der Waals surface area contributed by atoms with E-state index in [0.717, 1.165) is 46.6 Å². The molecule has 33 heavy (non-hydrogen) atoms. The van der Waals surface area contributed by atoms with Gasteiger partial charge in [-0.1, -0.05) is 51.4 Å². The van der Waals surface area contributed by atoms with Crippen molar-refractivity contribution in [3.05, 3.63) is 18.6 Å². The van der Waals surface area contributed by atoms with Crippen LogP contribution in [0.5, 0.6) is 0 Å². The number of nitrogens with one attached hydrogen (secondary N) is 2. The molecule has 0 bridgehead atoms. The Labute approximate surface area is 200 Å². The van der Waals surface area contributed by atoms with Gasteiger partial charge in [-0.25, -0.2) is 9.97 Å². The van der Waals surface area contributed by atoms with Crippen molar-refractivity contribution < 1.29 is 0 Å². The van der Waals surface area contributed by atoms with Crippen LogP contribution in [0.3, 0.4) is 0 Å². The minimum Gasteiger partial charge on any atom is -0.356 e. The summed E-state index contributed by atoms with van der Waals surface area (Å²) in [5.74, 6) is 5.21. The van der Waals surface area contributed by atoms with Crippen molar-refractivity contribution in [2.24, 2.45) is 23.7 Å². The summed E-state index contributed by atoms with van der Waals surface area (Å²) in [4.78, 5) is 14.4. The van der Waals surface area contributed by atoms with Crippen LogP contribution >= 0.6 is 0 Å². The molecule has 2 N–H and O–H groups in total. The highest BCUT2D eigenvalue weighted by molar-refractivity contribution is 5.87. The lowest BCUT2D eigenvalue weighted by Crippen LogP contribution is -2.40. The van der Waals surface area contributed by atoms with Crippen LogP contribution < -0.4 is 10.2 Å². The van der Waals surface area contributed by atoms with Gasteiger partial charge in [-0.2, -0.15) is 0 Å². The van der Waals surface area contributed by atoms with Crippen molar-refractivity contribution >= 4 is 16.9 Å². The lowest BCUT2D eigenvalue weighted by Gasteiger charge is -2.42. The molecular weight excluding hydrogens is 406 g/mol. The van der Waals surface area contributed by atoms with Gasteiger partial charge in [0.2, 0.25) is 0 Å². The van der Waals surface area contributed by atoms with Crippen LogP contribution in [-0.2, 0) is 0 Å². The molecule has 5 heteroatoms. The Hall–Kier alpha value is -1.62. The summed E-state index contributed by atoms with van der Waals surface area (Å²) >= 11 is 0. The molecule has 0 spiro atoms. The average Bonchev–Trinajstić information content (AvgIpc) is 3.37. The van der Waals surface area contributed by atoms with Crippen molar-refractivity contribution in [3.63, 3.8) is 0 Å². The van der Waals surface area contributed by atoms with Gasteiger partial charge in [0.05, 0.1) is 5.39 Å². The van der Waals surface area contributed by atoms with E-state index in [0.29, 0.717) is 6.04 Å². The van der Waals surface area contributed by atoms with Gasteiger partial charge in [-0.3, -0.25) is 0 Å². The molecule has 0 radical (unpaired) electrons. The first-order chi connectivity index (χ1) is 16.2. The van der Waals surface area contributed by atoms with E-state index < -0.39 is 0 Å². The van der Waals surface area contributed by atoms with Crippen LogP contribution in [0, 0.1) is 23.7 Å². The van der Waals surface area contributed by atoms with Crippen molar-refractivity contribution in [1.82, 2.24) is 20.3 Å². The Kier molecular flexibility index (Phi) is 7.54. The van der Waals surface area contributed by atoms with Crippen LogP contribution in [-0.4, -0.2) is 41.1 Å². The van der Waals surface area contributed by atoms with Crippen LogP contribution in [0.25, 0.3) is 11.0 Å². The summed E-state index contributed by atoms with van der Waals surface area (Å²) < 4.78 is 0. The molecule has 0 aliphatic heterocycles. The van der Waals surface area contributed by atoms with Gasteiger partial charge in [-0.15, -0.1) is 0 Å². The number of anilines is 1. The Morgan fingerprint density at radius 2 is 1.48 bits per heavy atom. The Bertz CT molecular complexity index is 878. The van der Waals surface area contributed by atoms with E-state index in [1.54, 1.807) is 6.33 Å². The Morgan fingerprint density at radius 3 is 2.21 bits per heavy atom. The Balaban J connectivity index is 0.000000162. The predicted octanol–water partition coefficient (Wildman–Crippen LogP) is 6.32. The fraction of sp³-hybridized carbons (Fsp3) is 0.786. The smallest absolute Gasteiger partial charge is 0.142 e. The molecule has 0 aromatic carbocycles. The number of hydrogen-bond acceptors (Lipinski definition) is 4. The van der Waals surface area contributed by atoms with E-state index in [4.69, 9.17) is 0 Å². The standard InChI is InChI=1S/C17H24N4.C11H21N/c1-21(17-15-8-9-18-16(15)19-11-20-17)14-7-6-12-4-2-3-5-13(12)10-14;1-12-11-7-6-9-4-2-3-5-10(9)8-11/h8-9,11-14H,2-7,10H2,1H3,(H,18,19,20);9-12H,2-8H2,1H3. The minimum absolute atomic E-state index is 0.636. The molecule has 4 fully saturated rings. The summed E-state index contributed by atoms with van der Waals surface area (Å²) in [7, 11) is 4.33. The largest absolute Gasteiger partial charge is 0.356 e. The molecule has 6 unspecified atom stereocenters. The fourth-order valence-corrected chi connectivity index (χ4v) is 7.65. The third-order valence-electron chi connectivity index (χ3n) is 9.67. The topological polar surface area (TPSA) is 56.8 Å². The van der Waals surface area contributed by atoms with Crippen LogP contribution in [0.15, 0.2) is 18.6 Å². The van der Waals surface area contributed by atoms with Crippen molar-refractivity contribution in [2.75, 3.05) is 19.0 Å². The summed E-state index contributed by atoms with van der Waals surface area (Å²) in [5, 5.41) is 4.58. The lowest BCUT2D eigenvalue weighted by molar-refractivity contribution is 0.147. The third-order valence-corrected chi connectivity index (χ3v) is 9.67. The van der Waals surface area contributed by atoms with Gasteiger partial charge < -0.3 is 15.2 Å². The normalized spacial score (nSPS) is 34.0. The molecule has 0 saturated heterocycles. The molecule has 4 aliphatic rings. The molecule has 182 valence electrons. The van der Waals surface area contributed by atoms with E-state index in [1.165, 1.54) is 89.9 Å². The number of aromatic nitrogens is 3. The zero-order valence-electron chi connectivity index (χ0n) is 20.9. The molecule has 6 atom stereocenters. The van der Waals surface area contributed by atoms with Crippen molar-refractivity contribution in [1.29, 1.82) is 0 Å². The molecular formula is C28H45N5. The second-order valence-corrected chi connectivity index (χ2v) is 11.4. The van der Waals surface area contributed by atoms with Gasteiger partial charge in [0.1, 0.15) is 17.8 Å². The summed E-state index contributed by atoms with van der Waals surface area (Å²) in [5.41, 5.74) is 0.943. The predicted molar refractivity (Wildman–Crippen MR) is 138 cm³/mol. The highest BCUT2D eigenvalue weighted by Crippen LogP contribution is 2.42. The Morgan fingerprint density at radius 1 is 0.818 bits per heavy atom. The van der Waals surface area contributed by atoms with Crippen molar-refractivity contribution in [3.8, 4) is 0 Å². The van der Waals surface area contributed by atoms with Crippen LogP contribution in [0.4, 0.5) is 5.82 Å². The molecule has 6 rings (SSSR count). The van der Waals surface area contributed by atoms with E-state index >= 15 is 0 Å². The maximum atomic E-state index is 4.55. The molecule has 4 saturated carbocycles. The molecule has 2 heterocycles. The third kappa shape index (κ3) is 5.23. The van der Waals surface area contributed by atoms with E-state index in [9.17, 15) is 0 Å². The van der Waals surface area contributed by atoms with Gasteiger partial charge in [0, 0.05) is 25.3 Å². The van der Waals surface area contributed by atoms with E-state index in [2.05, 4.69) is 45.3 Å². The monoisotopic (exact) mass is 451 g/mol. The number of hydrogen-bond donors (Lipinski definition) is 2. The number of nitrogens with zero attached hydrogens (tertiary/aromatic N) is 3.